The quantitative estimate of drug-likeness (QED) is 0.694. The van der Waals surface area contributed by atoms with E-state index in [1.807, 2.05) is 42.5 Å². The van der Waals surface area contributed by atoms with E-state index in [1.165, 1.54) is 6.42 Å². The van der Waals surface area contributed by atoms with Crippen LogP contribution in [0.1, 0.15) is 43.2 Å². The molecule has 23 heavy (non-hydrogen) atoms. The summed E-state index contributed by atoms with van der Waals surface area (Å²) >= 11 is 0. The molecular weight excluding hydrogens is 286 g/mol. The summed E-state index contributed by atoms with van der Waals surface area (Å²) in [4.78, 5) is 16.4. The van der Waals surface area contributed by atoms with E-state index in [-0.39, 0.29) is 11.8 Å². The number of hydrazone groups is 1. The van der Waals surface area contributed by atoms with E-state index < -0.39 is 0 Å². The minimum absolute atomic E-state index is 0.0344. The van der Waals surface area contributed by atoms with Gasteiger partial charge in [-0.05, 0) is 25.0 Å². The molecule has 2 aromatic rings. The monoisotopic (exact) mass is 307 g/mol. The Hall–Kier alpha value is -2.49. The fourth-order valence-corrected chi connectivity index (χ4v) is 2.97. The molecule has 0 atom stereocenters. The van der Waals surface area contributed by atoms with Crippen molar-refractivity contribution in [3.05, 3.63) is 66.0 Å². The Labute approximate surface area is 136 Å². The minimum atomic E-state index is 0.0344. The third-order valence-corrected chi connectivity index (χ3v) is 4.25. The maximum Gasteiger partial charge on any atom is 0.243 e. The fraction of sp³-hybridized carbons (Fsp3) is 0.316. The minimum Gasteiger partial charge on any atom is -0.273 e. The van der Waals surface area contributed by atoms with E-state index >= 15 is 0 Å². The number of carbonyl (C=O) groups is 1. The number of amides is 1. The number of pyridine rings is 1. The number of benzene rings is 1. The molecule has 3 rings (SSSR count). The maximum absolute atomic E-state index is 12.3. The molecule has 0 aliphatic heterocycles. The van der Waals surface area contributed by atoms with Crippen molar-refractivity contribution in [3.8, 4) is 0 Å². The average Bonchev–Trinajstić information content (AvgIpc) is 2.64. The van der Waals surface area contributed by atoms with Crippen molar-refractivity contribution in [1.82, 2.24) is 10.4 Å². The normalized spacial score (nSPS) is 16.1. The largest absolute Gasteiger partial charge is 0.273 e. The Balaban J connectivity index is 1.82. The zero-order valence-corrected chi connectivity index (χ0v) is 13.1. The smallest absolute Gasteiger partial charge is 0.243 e. The third-order valence-electron chi connectivity index (χ3n) is 4.25. The summed E-state index contributed by atoms with van der Waals surface area (Å²) in [5.41, 5.74) is 5.45. The van der Waals surface area contributed by atoms with E-state index in [4.69, 9.17) is 0 Å². The van der Waals surface area contributed by atoms with Gasteiger partial charge in [-0.1, -0.05) is 49.6 Å². The SMILES string of the molecule is O=C(N/N=C(\c1ccccc1)c1ccncc1)C1CCCCC1. The first kappa shape index (κ1) is 15.4. The molecule has 0 spiro atoms. The van der Waals surface area contributed by atoms with Crippen LogP contribution in [0, 0.1) is 5.92 Å². The van der Waals surface area contributed by atoms with E-state index in [0.29, 0.717) is 0 Å². The zero-order chi connectivity index (χ0) is 15.9. The molecular formula is C19H21N3O. The Morgan fingerprint density at radius 1 is 0.957 bits per heavy atom. The van der Waals surface area contributed by atoms with Gasteiger partial charge in [0.05, 0.1) is 5.71 Å². The summed E-state index contributed by atoms with van der Waals surface area (Å²) in [6, 6.07) is 13.7. The molecule has 1 aromatic carbocycles. The first-order chi connectivity index (χ1) is 11.3. The van der Waals surface area contributed by atoms with Crippen LogP contribution in [0.15, 0.2) is 60.0 Å². The van der Waals surface area contributed by atoms with Crippen LogP contribution >= 0.6 is 0 Å². The predicted molar refractivity (Wildman–Crippen MR) is 91.0 cm³/mol. The van der Waals surface area contributed by atoms with Gasteiger partial charge < -0.3 is 0 Å². The fourth-order valence-electron chi connectivity index (χ4n) is 2.97. The molecule has 1 heterocycles. The highest BCUT2D eigenvalue weighted by molar-refractivity contribution is 6.13. The first-order valence-corrected chi connectivity index (χ1v) is 8.18. The molecule has 4 nitrogen and oxygen atoms in total. The highest BCUT2D eigenvalue weighted by atomic mass is 16.2. The van der Waals surface area contributed by atoms with E-state index in [1.54, 1.807) is 12.4 Å². The molecule has 1 fully saturated rings. The number of hydrogen-bond acceptors (Lipinski definition) is 3. The molecule has 118 valence electrons. The molecule has 1 amide bonds. The topological polar surface area (TPSA) is 54.4 Å². The van der Waals surface area contributed by atoms with Gasteiger partial charge in [0.25, 0.3) is 0 Å². The summed E-state index contributed by atoms with van der Waals surface area (Å²) in [5.74, 6) is 0.133. The van der Waals surface area contributed by atoms with Gasteiger partial charge in [-0.2, -0.15) is 5.10 Å². The van der Waals surface area contributed by atoms with Crippen LogP contribution in [0.25, 0.3) is 0 Å². The second kappa shape index (κ2) is 7.68. The van der Waals surface area contributed by atoms with Crippen LogP contribution < -0.4 is 5.43 Å². The predicted octanol–water partition coefficient (Wildman–Crippen LogP) is 3.53. The van der Waals surface area contributed by atoms with Gasteiger partial charge in [0.15, 0.2) is 0 Å². The molecule has 0 radical (unpaired) electrons. The lowest BCUT2D eigenvalue weighted by Crippen LogP contribution is -2.29. The van der Waals surface area contributed by atoms with Crippen LogP contribution in [0.5, 0.6) is 0 Å². The molecule has 1 aliphatic rings. The second-order valence-corrected chi connectivity index (χ2v) is 5.87. The maximum atomic E-state index is 12.3. The molecule has 4 heteroatoms. The molecule has 1 aliphatic carbocycles. The lowest BCUT2D eigenvalue weighted by atomic mass is 9.89. The van der Waals surface area contributed by atoms with Crippen LogP contribution in [0.2, 0.25) is 0 Å². The van der Waals surface area contributed by atoms with Crippen molar-refractivity contribution in [2.45, 2.75) is 32.1 Å². The summed E-state index contributed by atoms with van der Waals surface area (Å²) < 4.78 is 0. The Morgan fingerprint density at radius 3 is 2.30 bits per heavy atom. The van der Waals surface area contributed by atoms with Crippen molar-refractivity contribution < 1.29 is 4.79 Å². The third kappa shape index (κ3) is 4.03. The number of rotatable bonds is 4. The summed E-state index contributed by atoms with van der Waals surface area (Å²) in [5, 5.41) is 4.43. The number of nitrogens with zero attached hydrogens (tertiary/aromatic N) is 2. The highest BCUT2D eigenvalue weighted by Gasteiger charge is 2.21. The second-order valence-electron chi connectivity index (χ2n) is 5.87. The van der Waals surface area contributed by atoms with Gasteiger partial charge in [-0.15, -0.1) is 0 Å². The zero-order valence-electron chi connectivity index (χ0n) is 13.1. The van der Waals surface area contributed by atoms with Crippen LogP contribution in [0.3, 0.4) is 0 Å². The molecule has 0 bridgehead atoms. The van der Waals surface area contributed by atoms with Gasteiger partial charge >= 0.3 is 0 Å². The summed E-state index contributed by atoms with van der Waals surface area (Å²) in [6.07, 6.45) is 8.91. The van der Waals surface area contributed by atoms with Gasteiger partial charge in [0, 0.05) is 29.4 Å². The van der Waals surface area contributed by atoms with Crippen LogP contribution in [-0.2, 0) is 4.79 Å². The van der Waals surface area contributed by atoms with Crippen molar-refractivity contribution >= 4 is 11.6 Å². The van der Waals surface area contributed by atoms with Crippen LogP contribution in [-0.4, -0.2) is 16.6 Å². The Morgan fingerprint density at radius 2 is 1.61 bits per heavy atom. The Kier molecular flexibility index (Phi) is 5.14. The number of carbonyl (C=O) groups excluding carboxylic acids is 1. The molecule has 0 unspecified atom stereocenters. The molecule has 1 saturated carbocycles. The molecule has 0 saturated heterocycles. The Bertz CT molecular complexity index is 620. The summed E-state index contributed by atoms with van der Waals surface area (Å²) in [7, 11) is 0. The van der Waals surface area contributed by atoms with E-state index in [0.717, 1.165) is 42.5 Å². The van der Waals surface area contributed by atoms with E-state index in [2.05, 4.69) is 15.5 Å². The van der Waals surface area contributed by atoms with Crippen molar-refractivity contribution in [1.29, 1.82) is 0 Å². The number of hydrogen-bond donors (Lipinski definition) is 1. The number of nitrogens with one attached hydrogen (secondary N) is 1. The standard InChI is InChI=1S/C19H21N3O/c23-19(17-9-5-2-6-10-17)22-21-18(15-7-3-1-4-8-15)16-11-13-20-14-12-16/h1,3-4,7-8,11-14,17H,2,5-6,9-10H2,(H,22,23)/b21-18+. The molecule has 1 aromatic heterocycles. The molecule has 1 N–H and O–H groups in total. The summed E-state index contributed by atoms with van der Waals surface area (Å²) in [6.45, 7) is 0. The number of aromatic nitrogens is 1. The van der Waals surface area contributed by atoms with Gasteiger partial charge in [0.2, 0.25) is 5.91 Å². The average molecular weight is 307 g/mol. The van der Waals surface area contributed by atoms with Crippen molar-refractivity contribution in [2.75, 3.05) is 0 Å². The first-order valence-electron chi connectivity index (χ1n) is 8.18. The van der Waals surface area contributed by atoms with Crippen LogP contribution in [0.4, 0.5) is 0 Å². The highest BCUT2D eigenvalue weighted by Crippen LogP contribution is 2.23. The van der Waals surface area contributed by atoms with E-state index in [9.17, 15) is 4.79 Å². The van der Waals surface area contributed by atoms with Gasteiger partial charge in [0.1, 0.15) is 0 Å². The van der Waals surface area contributed by atoms with Gasteiger partial charge in [-0.25, -0.2) is 5.43 Å². The van der Waals surface area contributed by atoms with Crippen molar-refractivity contribution in [3.63, 3.8) is 0 Å². The lowest BCUT2D eigenvalue weighted by Gasteiger charge is -2.19. The van der Waals surface area contributed by atoms with Gasteiger partial charge in [-0.3, -0.25) is 9.78 Å². The van der Waals surface area contributed by atoms with Crippen molar-refractivity contribution in [2.24, 2.45) is 11.0 Å². The lowest BCUT2D eigenvalue weighted by molar-refractivity contribution is -0.125.